The zero-order valence-corrected chi connectivity index (χ0v) is 21.1. The number of rotatable bonds is 5. The fraction of sp³-hybridized carbons (Fsp3) is 0.583. The number of halogens is 3. The lowest BCUT2D eigenvalue weighted by Gasteiger charge is -2.35. The summed E-state index contributed by atoms with van der Waals surface area (Å²) in [6, 6.07) is 3.38. The second-order valence-electron chi connectivity index (χ2n) is 9.37. The van der Waals surface area contributed by atoms with Crippen molar-refractivity contribution in [3.05, 3.63) is 41.7 Å². The molecule has 0 saturated heterocycles. The third-order valence-corrected chi connectivity index (χ3v) is 6.29. The summed E-state index contributed by atoms with van der Waals surface area (Å²) >= 11 is 0. The molecule has 0 unspecified atom stereocenters. The van der Waals surface area contributed by atoms with Gasteiger partial charge in [-0.2, -0.15) is 13.2 Å². The molecular formula is C24H33F3N6O4. The van der Waals surface area contributed by atoms with E-state index in [-0.39, 0.29) is 43.7 Å². The zero-order valence-electron chi connectivity index (χ0n) is 21.1. The van der Waals surface area contributed by atoms with Crippen LogP contribution in [-0.4, -0.2) is 80.7 Å². The molecule has 204 valence electrons. The number of alkyl halides is 3. The van der Waals surface area contributed by atoms with Gasteiger partial charge in [-0.3, -0.25) is 9.48 Å². The molecule has 10 nitrogen and oxygen atoms in total. The van der Waals surface area contributed by atoms with E-state index in [0.29, 0.717) is 25.2 Å². The summed E-state index contributed by atoms with van der Waals surface area (Å²) in [5.74, 6) is -0.361. The van der Waals surface area contributed by atoms with Gasteiger partial charge in [0, 0.05) is 44.7 Å². The maximum absolute atomic E-state index is 13.0. The molecule has 13 heteroatoms. The minimum Gasteiger partial charge on any atom is -0.394 e. The summed E-state index contributed by atoms with van der Waals surface area (Å²) in [5.41, 5.74) is -0.254. The normalized spacial score (nSPS) is 20.4. The van der Waals surface area contributed by atoms with Crippen molar-refractivity contribution in [3.63, 3.8) is 0 Å². The first kappa shape index (κ1) is 28.4. The van der Waals surface area contributed by atoms with Gasteiger partial charge >= 0.3 is 12.2 Å². The lowest BCUT2D eigenvalue weighted by Crippen LogP contribution is -2.48. The van der Waals surface area contributed by atoms with E-state index < -0.39 is 29.9 Å². The van der Waals surface area contributed by atoms with Crippen molar-refractivity contribution in [2.75, 3.05) is 32.1 Å². The molecule has 0 fully saturated rings. The van der Waals surface area contributed by atoms with Gasteiger partial charge in [0.05, 0.1) is 37.1 Å². The van der Waals surface area contributed by atoms with E-state index in [9.17, 15) is 27.9 Å². The van der Waals surface area contributed by atoms with E-state index in [1.807, 2.05) is 6.92 Å². The van der Waals surface area contributed by atoms with Crippen LogP contribution in [0.1, 0.15) is 37.9 Å². The maximum atomic E-state index is 13.0. The molecule has 1 aliphatic heterocycles. The number of nitrogens with one attached hydrogen (secondary N) is 1. The third kappa shape index (κ3) is 7.89. The Bertz CT molecular complexity index is 1060. The molecule has 3 amide bonds. The standard InChI is InChI=1S/C24H33F3N6O4/c1-16-11-33(17(2)14-34)22(35)8-5-9-32-12-20(29-30-32)15-37-21(16)13-31(3)23(36)28-19-7-4-6-18(10-19)24(25,26)27/h4,6-7,10,12,16-17,21,34H,5,8-9,11,13-15H2,1-3H3,(H,28,36)/t16-,17+,21-/m1/s1. The number of aromatic nitrogens is 3. The lowest BCUT2D eigenvalue weighted by molar-refractivity contribution is -0.137. The molecule has 1 aromatic carbocycles. The van der Waals surface area contributed by atoms with Crippen molar-refractivity contribution in [3.8, 4) is 0 Å². The number of carbonyl (C=O) groups excluding carboxylic acids is 2. The number of carbonyl (C=O) groups is 2. The number of aryl methyl sites for hydroxylation is 1. The van der Waals surface area contributed by atoms with Gasteiger partial charge < -0.3 is 25.0 Å². The van der Waals surface area contributed by atoms with E-state index in [1.54, 1.807) is 22.7 Å². The number of benzene rings is 1. The van der Waals surface area contributed by atoms with Gasteiger partial charge in [-0.1, -0.05) is 18.2 Å². The molecule has 37 heavy (non-hydrogen) atoms. The van der Waals surface area contributed by atoms with Crippen LogP contribution in [0.4, 0.5) is 23.7 Å². The van der Waals surface area contributed by atoms with Crippen LogP contribution >= 0.6 is 0 Å². The summed E-state index contributed by atoms with van der Waals surface area (Å²) in [6.07, 6.45) is -2.50. The van der Waals surface area contributed by atoms with Crippen molar-refractivity contribution in [1.29, 1.82) is 0 Å². The second-order valence-corrected chi connectivity index (χ2v) is 9.37. The molecule has 0 radical (unpaired) electrons. The van der Waals surface area contributed by atoms with Crippen LogP contribution in [0.2, 0.25) is 0 Å². The molecule has 0 aliphatic carbocycles. The minimum absolute atomic E-state index is 0.0146. The number of ether oxygens (including phenoxy) is 1. The Hall–Kier alpha value is -3.19. The summed E-state index contributed by atoms with van der Waals surface area (Å²) in [5, 5.41) is 20.3. The van der Waals surface area contributed by atoms with Crippen molar-refractivity contribution < 1.29 is 32.6 Å². The topological polar surface area (TPSA) is 113 Å². The Kier molecular flexibility index (Phi) is 9.49. The van der Waals surface area contributed by atoms with Crippen LogP contribution < -0.4 is 5.32 Å². The monoisotopic (exact) mass is 526 g/mol. The van der Waals surface area contributed by atoms with Gasteiger partial charge in [-0.05, 0) is 31.5 Å². The molecular weight excluding hydrogens is 493 g/mol. The number of fused-ring (bicyclic) bond motifs is 2. The molecule has 2 aromatic rings. The van der Waals surface area contributed by atoms with Crippen molar-refractivity contribution >= 4 is 17.6 Å². The summed E-state index contributed by atoms with van der Waals surface area (Å²) in [4.78, 5) is 28.7. The number of amides is 3. The number of aliphatic hydroxyl groups is 1. The predicted octanol–water partition coefficient (Wildman–Crippen LogP) is 2.99. The van der Waals surface area contributed by atoms with Gasteiger partial charge in [0.15, 0.2) is 0 Å². The van der Waals surface area contributed by atoms with Crippen LogP contribution in [0, 0.1) is 5.92 Å². The quantitative estimate of drug-likeness (QED) is 0.620. The van der Waals surface area contributed by atoms with Crippen LogP contribution in [-0.2, 0) is 28.9 Å². The van der Waals surface area contributed by atoms with Crippen LogP contribution in [0.3, 0.4) is 0 Å². The first-order valence-electron chi connectivity index (χ1n) is 12.1. The van der Waals surface area contributed by atoms with Gasteiger partial charge in [0.25, 0.3) is 0 Å². The molecule has 3 rings (SSSR count). The largest absolute Gasteiger partial charge is 0.416 e. The van der Waals surface area contributed by atoms with Crippen molar-refractivity contribution in [1.82, 2.24) is 24.8 Å². The van der Waals surface area contributed by atoms with E-state index >= 15 is 0 Å². The zero-order chi connectivity index (χ0) is 27.2. The highest BCUT2D eigenvalue weighted by Crippen LogP contribution is 2.30. The summed E-state index contributed by atoms with van der Waals surface area (Å²) < 4.78 is 46.8. The molecule has 1 aliphatic rings. The SMILES string of the molecule is C[C@@H]1CN([C@@H](C)CO)C(=O)CCCn2cc(nn2)CO[C@@H]1CN(C)C(=O)Nc1cccc(C(F)(F)F)c1. The van der Waals surface area contributed by atoms with Crippen LogP contribution in [0.5, 0.6) is 0 Å². The van der Waals surface area contributed by atoms with Crippen LogP contribution in [0.25, 0.3) is 0 Å². The Morgan fingerprint density at radius 1 is 1.38 bits per heavy atom. The first-order chi connectivity index (χ1) is 17.5. The van der Waals surface area contributed by atoms with E-state index in [4.69, 9.17) is 4.74 Å². The van der Waals surface area contributed by atoms with E-state index in [1.165, 1.54) is 24.1 Å². The molecule has 2 heterocycles. The summed E-state index contributed by atoms with van der Waals surface area (Å²) in [6.45, 7) is 4.46. The fourth-order valence-corrected chi connectivity index (χ4v) is 4.04. The Morgan fingerprint density at radius 2 is 2.14 bits per heavy atom. The summed E-state index contributed by atoms with van der Waals surface area (Å²) in [7, 11) is 1.51. The Labute approximate surface area is 213 Å². The first-order valence-corrected chi connectivity index (χ1v) is 12.1. The Balaban J connectivity index is 1.75. The van der Waals surface area contributed by atoms with Gasteiger partial charge in [-0.15, -0.1) is 5.10 Å². The van der Waals surface area contributed by atoms with Crippen LogP contribution in [0.15, 0.2) is 30.5 Å². The lowest BCUT2D eigenvalue weighted by atomic mass is 10.0. The number of likely N-dealkylation sites (N-methyl/N-ethyl adjacent to an activating group) is 1. The molecule has 3 atom stereocenters. The molecule has 0 saturated carbocycles. The van der Waals surface area contributed by atoms with Gasteiger partial charge in [0.1, 0.15) is 5.69 Å². The predicted molar refractivity (Wildman–Crippen MR) is 128 cm³/mol. The van der Waals surface area contributed by atoms with Gasteiger partial charge in [0.2, 0.25) is 5.91 Å². The number of urea groups is 1. The molecule has 2 bridgehead atoms. The fourth-order valence-electron chi connectivity index (χ4n) is 4.04. The molecule has 1 aromatic heterocycles. The highest BCUT2D eigenvalue weighted by molar-refractivity contribution is 5.89. The number of hydrogen-bond donors (Lipinski definition) is 2. The molecule has 0 spiro atoms. The van der Waals surface area contributed by atoms with E-state index in [0.717, 1.165) is 12.1 Å². The molecule has 2 N–H and O–H groups in total. The average Bonchev–Trinajstić information content (AvgIpc) is 3.31. The number of nitrogens with zero attached hydrogens (tertiary/aromatic N) is 5. The minimum atomic E-state index is -4.53. The van der Waals surface area contributed by atoms with Crippen molar-refractivity contribution in [2.45, 2.75) is 58.2 Å². The number of aliphatic hydroxyl groups excluding tert-OH is 1. The smallest absolute Gasteiger partial charge is 0.394 e. The highest BCUT2D eigenvalue weighted by atomic mass is 19.4. The van der Waals surface area contributed by atoms with E-state index in [2.05, 4.69) is 15.6 Å². The number of anilines is 1. The number of hydrogen-bond acceptors (Lipinski definition) is 6. The average molecular weight is 527 g/mol. The Morgan fingerprint density at radius 3 is 2.84 bits per heavy atom. The third-order valence-electron chi connectivity index (χ3n) is 6.29. The maximum Gasteiger partial charge on any atom is 0.416 e. The second kappa shape index (κ2) is 12.4. The highest BCUT2D eigenvalue weighted by Gasteiger charge is 2.31. The van der Waals surface area contributed by atoms with Crippen molar-refractivity contribution in [2.24, 2.45) is 5.92 Å². The van der Waals surface area contributed by atoms with Gasteiger partial charge in [-0.25, -0.2) is 4.79 Å².